The van der Waals surface area contributed by atoms with E-state index < -0.39 is 96.8 Å². The van der Waals surface area contributed by atoms with Crippen LogP contribution >= 0.6 is 11.6 Å². The van der Waals surface area contributed by atoms with Gasteiger partial charge >= 0.3 is 0 Å². The van der Waals surface area contributed by atoms with E-state index in [1.54, 1.807) is 6.07 Å². The van der Waals surface area contributed by atoms with Gasteiger partial charge in [0.25, 0.3) is 0 Å². The number of pyridine rings is 1. The summed E-state index contributed by atoms with van der Waals surface area (Å²) in [4.78, 5) is 16.6. The number of ether oxygens (including phenoxy) is 1. The van der Waals surface area contributed by atoms with Crippen LogP contribution in [-0.4, -0.2) is 42.8 Å². The van der Waals surface area contributed by atoms with E-state index in [4.69, 9.17) is 39.6 Å². The number of aromatic nitrogens is 1. The van der Waals surface area contributed by atoms with Crippen LogP contribution in [0, 0.1) is 17.1 Å². The van der Waals surface area contributed by atoms with Crippen molar-refractivity contribution in [2.45, 2.75) is 6.85 Å². The number of hydrogen-bond acceptors (Lipinski definition) is 6. The molecule has 7 nitrogen and oxygen atoms in total. The first-order valence-electron chi connectivity index (χ1n) is 17.1. The second kappa shape index (κ2) is 10.8. The SMILES string of the molecule is [2H]/C(=C\C([2H])([2H])N(C([2H])([2H])[2H])C([2H])([2H])[2H])C(=O)Nc1cc2c(Nc3c([2H])c([2H])c(F)c(Cl)c3[2H])c(C#N)cnc2cc1OC([2H])([2H])C([2H])([2H])[2H]. The van der Waals surface area contributed by atoms with Gasteiger partial charge in [-0.2, -0.15) is 5.26 Å². The summed E-state index contributed by atoms with van der Waals surface area (Å²) in [6.07, 6.45) is 1.02. The summed E-state index contributed by atoms with van der Waals surface area (Å²) in [5, 5.41) is 13.3. The lowest BCUT2D eigenvalue weighted by Crippen LogP contribution is -2.13. The zero-order valence-corrected chi connectivity index (χ0v) is 17.0. The number of rotatable bonds is 8. The monoisotopic (exact) mass is 484 g/mol. The van der Waals surface area contributed by atoms with Crippen LogP contribution in [0.1, 0.15) is 35.7 Å². The fourth-order valence-electron chi connectivity index (χ4n) is 2.55. The molecule has 0 radical (unpaired) electrons. The van der Waals surface area contributed by atoms with E-state index in [0.717, 1.165) is 18.3 Å². The first-order chi connectivity index (χ1) is 22.5. The van der Waals surface area contributed by atoms with Crippen LogP contribution in [0.3, 0.4) is 0 Å². The van der Waals surface area contributed by atoms with Gasteiger partial charge in [-0.3, -0.25) is 9.78 Å². The van der Waals surface area contributed by atoms with Gasteiger partial charge in [-0.15, -0.1) is 0 Å². The van der Waals surface area contributed by atoms with E-state index in [1.165, 1.54) is 0 Å². The number of carbonyl (C=O) groups is 1. The number of likely N-dealkylation sites (N-methyl/N-ethyl adjacent to an activating group) is 1. The average molecular weight is 485 g/mol. The predicted octanol–water partition coefficient (Wildman–Crippen LogP) is 5.10. The van der Waals surface area contributed by atoms with Crippen LogP contribution in [0.25, 0.3) is 10.9 Å². The van der Waals surface area contributed by atoms with E-state index in [9.17, 15) is 14.4 Å². The van der Waals surface area contributed by atoms with Crippen molar-refractivity contribution in [2.75, 3.05) is 37.6 Å². The lowest BCUT2D eigenvalue weighted by Gasteiger charge is -2.16. The highest BCUT2D eigenvalue weighted by Crippen LogP contribution is 2.36. The Hall–Kier alpha value is -3.67. The Bertz CT molecular complexity index is 1880. The molecule has 170 valence electrons. The van der Waals surface area contributed by atoms with Crippen molar-refractivity contribution in [1.29, 1.82) is 5.26 Å². The van der Waals surface area contributed by atoms with E-state index in [1.807, 2.05) is 5.32 Å². The molecule has 0 aliphatic heterocycles. The number of nitrogens with zero attached hydrogens (tertiary/aromatic N) is 3. The molecule has 0 aliphatic carbocycles. The number of fused-ring (bicyclic) bond motifs is 1. The summed E-state index contributed by atoms with van der Waals surface area (Å²) in [7, 11) is 0. The summed E-state index contributed by atoms with van der Waals surface area (Å²) in [5.41, 5.74) is -2.03. The molecule has 9 heteroatoms. The van der Waals surface area contributed by atoms with E-state index in [0.29, 0.717) is 0 Å². The van der Waals surface area contributed by atoms with Gasteiger partial charge in [-0.25, -0.2) is 4.39 Å². The Morgan fingerprint density at radius 2 is 2.36 bits per heavy atom. The molecule has 0 spiro atoms. The number of amides is 1. The fraction of sp³-hybridized carbons (Fsp3) is 0.208. The highest BCUT2D eigenvalue weighted by atomic mass is 35.5. The fourth-order valence-corrected chi connectivity index (χ4v) is 2.69. The van der Waals surface area contributed by atoms with Crippen LogP contribution < -0.4 is 15.4 Å². The Kier molecular flexibility index (Phi) is 3.29. The van der Waals surface area contributed by atoms with Crippen molar-refractivity contribution in [3.05, 3.63) is 65.0 Å². The molecule has 2 N–H and O–H groups in total. The van der Waals surface area contributed by atoms with Crippen molar-refractivity contribution >= 4 is 45.5 Å². The zero-order chi connectivity index (χ0) is 38.5. The first kappa shape index (κ1) is 10.1. The number of benzene rings is 2. The number of nitriles is 1. The van der Waals surface area contributed by atoms with Gasteiger partial charge in [0.05, 0.1) is 42.3 Å². The maximum atomic E-state index is 14.3. The highest BCUT2D eigenvalue weighted by Gasteiger charge is 2.15. The van der Waals surface area contributed by atoms with Crippen LogP contribution in [0.2, 0.25) is 5.02 Å². The molecule has 0 saturated heterocycles. The van der Waals surface area contributed by atoms with Crippen LogP contribution in [0.4, 0.5) is 21.5 Å². The average Bonchev–Trinajstić information content (AvgIpc) is 2.94. The lowest BCUT2D eigenvalue weighted by molar-refractivity contribution is -0.111. The van der Waals surface area contributed by atoms with Crippen molar-refractivity contribution < 1.29 is 37.2 Å². The highest BCUT2D eigenvalue weighted by molar-refractivity contribution is 6.31. The largest absolute Gasteiger partial charge is 0.492 e. The number of hydrogen-bond donors (Lipinski definition) is 2. The minimum Gasteiger partial charge on any atom is -0.492 e. The molecule has 0 fully saturated rings. The van der Waals surface area contributed by atoms with E-state index in [-0.39, 0.29) is 28.2 Å². The standard InChI is InChI=1S/C24H23ClFN5O2/c1-4-33-22-12-20-17(11-21(22)30-23(32)6-5-9-31(2)3)24(15(13-27)14-28-20)29-16-7-8-19(26)18(25)10-16/h5-8,10-12,14H,4,9H2,1-3H3,(H,28,29)(H,30,32)/b6-5+/i1D3,2D3,3D3,4D2,6D,7D,8D,9D2,10D. The van der Waals surface area contributed by atoms with Crippen LogP contribution in [0.15, 0.2) is 48.6 Å². The Labute approximate surface area is 220 Å². The lowest BCUT2D eigenvalue weighted by atomic mass is 10.1. The Morgan fingerprint density at radius 1 is 1.52 bits per heavy atom. The second-order valence-electron chi connectivity index (χ2n) is 5.94. The molecular formula is C24H23ClFN5O2. The minimum absolute atomic E-state index is 0.0644. The molecular weight excluding hydrogens is 445 g/mol. The summed E-state index contributed by atoms with van der Waals surface area (Å²) >= 11 is 5.82. The molecule has 1 aromatic heterocycles. The summed E-state index contributed by atoms with van der Waals surface area (Å²) in [5.74, 6) is -3.70. The van der Waals surface area contributed by atoms with Gasteiger partial charge in [-0.05, 0) is 45.0 Å². The smallest absolute Gasteiger partial charge is 0.248 e. The van der Waals surface area contributed by atoms with Gasteiger partial charge in [0.1, 0.15) is 17.6 Å². The molecule has 0 aliphatic rings. The number of anilines is 3. The topological polar surface area (TPSA) is 90.3 Å². The third-order valence-electron chi connectivity index (χ3n) is 3.87. The molecule has 1 amide bonds. The Morgan fingerprint density at radius 3 is 3.12 bits per heavy atom. The molecule has 2 aromatic carbocycles. The van der Waals surface area contributed by atoms with E-state index in [2.05, 4.69) is 10.3 Å². The first-order valence-corrected chi connectivity index (χ1v) is 9.02. The van der Waals surface area contributed by atoms with Crippen molar-refractivity contribution in [3.63, 3.8) is 0 Å². The molecule has 1 heterocycles. The maximum absolute atomic E-state index is 14.3. The van der Waals surface area contributed by atoms with Crippen molar-refractivity contribution in [3.8, 4) is 11.8 Å². The predicted molar refractivity (Wildman–Crippen MR) is 129 cm³/mol. The van der Waals surface area contributed by atoms with Crippen molar-refractivity contribution in [1.82, 2.24) is 9.88 Å². The third kappa shape index (κ3) is 5.98. The Balaban J connectivity index is 2.29. The molecule has 0 bridgehead atoms. The van der Waals surface area contributed by atoms with Gasteiger partial charge in [-0.1, -0.05) is 17.7 Å². The number of carbonyl (C=O) groups excluding carboxylic acids is 1. The van der Waals surface area contributed by atoms with Crippen molar-refractivity contribution in [2.24, 2.45) is 0 Å². The van der Waals surface area contributed by atoms with Gasteiger partial charge in [0, 0.05) is 51.0 Å². The second-order valence-corrected chi connectivity index (χ2v) is 6.32. The zero-order valence-electron chi connectivity index (χ0n) is 33.2. The van der Waals surface area contributed by atoms with Gasteiger partial charge in [0.15, 0.2) is 0 Å². The number of halogens is 2. The molecule has 3 rings (SSSR count). The van der Waals surface area contributed by atoms with Gasteiger partial charge < -0.3 is 20.3 Å². The van der Waals surface area contributed by atoms with Crippen LogP contribution in [0.5, 0.6) is 5.75 Å². The summed E-state index contributed by atoms with van der Waals surface area (Å²) < 4.78 is 151. The quantitative estimate of drug-likeness (QED) is 0.432. The van der Waals surface area contributed by atoms with Gasteiger partial charge in [0.2, 0.25) is 5.91 Å². The molecule has 33 heavy (non-hydrogen) atoms. The minimum atomic E-state index is -3.58. The normalized spacial score (nSPS) is 20.9. The summed E-state index contributed by atoms with van der Waals surface area (Å²) in [6, 6.07) is -0.452. The van der Waals surface area contributed by atoms with Crippen LogP contribution in [-0.2, 0) is 4.79 Å². The van der Waals surface area contributed by atoms with E-state index >= 15 is 0 Å². The third-order valence-corrected chi connectivity index (χ3v) is 4.13. The molecule has 3 aromatic rings. The summed E-state index contributed by atoms with van der Waals surface area (Å²) in [6.45, 7) is -17.5. The molecule has 0 atom stereocenters. The molecule has 0 unspecified atom stereocenters. The number of nitrogens with one attached hydrogen (secondary N) is 2. The molecule has 0 saturated carbocycles. The maximum Gasteiger partial charge on any atom is 0.248 e.